The average molecular weight is 471 g/mol. The van der Waals surface area contributed by atoms with Crippen molar-refractivity contribution in [3.8, 4) is 16.9 Å². The predicted octanol–water partition coefficient (Wildman–Crippen LogP) is 3.80. The van der Waals surface area contributed by atoms with E-state index in [-0.39, 0.29) is 22.5 Å². The third-order valence-electron chi connectivity index (χ3n) is 5.92. The predicted molar refractivity (Wildman–Crippen MR) is 132 cm³/mol. The summed E-state index contributed by atoms with van der Waals surface area (Å²) in [6, 6.07) is 18.0. The van der Waals surface area contributed by atoms with Crippen LogP contribution in [0, 0.1) is 6.92 Å². The Labute approximate surface area is 202 Å². The lowest BCUT2D eigenvalue weighted by molar-refractivity contribution is -0.139. The summed E-state index contributed by atoms with van der Waals surface area (Å²) in [5.74, 6) is -2.29. The van der Waals surface area contributed by atoms with Gasteiger partial charge in [0.15, 0.2) is 12.4 Å². The first-order chi connectivity index (χ1) is 16.9. The monoisotopic (exact) mass is 470 g/mol. The molecule has 0 aliphatic heterocycles. The number of ether oxygens (including phenoxy) is 1. The first-order valence-corrected chi connectivity index (χ1v) is 11.1. The molecule has 177 valence electrons. The number of nitrogens with two attached hydrogens (primary N) is 1. The number of carboxylic acid groups (broad SMARTS) is 1. The average Bonchev–Trinajstić information content (AvgIpc) is 3.12. The number of anilines is 1. The maximum atomic E-state index is 12.4. The van der Waals surface area contributed by atoms with Crippen molar-refractivity contribution in [3.63, 3.8) is 0 Å². The molecule has 35 heavy (non-hydrogen) atoms. The molecule has 2 heterocycles. The number of carbonyl (C=O) groups excluding carboxylic acids is 2. The maximum absolute atomic E-state index is 12.4. The zero-order chi connectivity index (χ0) is 25.1. The van der Waals surface area contributed by atoms with Gasteiger partial charge >= 0.3 is 5.97 Å². The number of nitrogens with zero attached hydrogens (tertiary/aromatic N) is 2. The molecule has 0 amide bonds. The molecule has 8 nitrogen and oxygen atoms in total. The molecular formula is C27H24N3O5. The number of ketones is 1. The zero-order valence-electron chi connectivity index (χ0n) is 19.4. The Hall–Kier alpha value is -4.46. The van der Waals surface area contributed by atoms with Gasteiger partial charge in [0.05, 0.1) is 22.6 Å². The summed E-state index contributed by atoms with van der Waals surface area (Å²) in [6.07, 6.45) is 2.37. The third-order valence-corrected chi connectivity index (χ3v) is 5.92. The smallest absolute Gasteiger partial charge is 0.341 e. The first kappa shape index (κ1) is 23.7. The minimum absolute atomic E-state index is 0.0805. The van der Waals surface area contributed by atoms with Crippen molar-refractivity contribution in [1.29, 1.82) is 0 Å². The summed E-state index contributed by atoms with van der Waals surface area (Å²) < 4.78 is 7.11. The lowest BCUT2D eigenvalue weighted by Crippen LogP contribution is -2.16. The summed E-state index contributed by atoms with van der Waals surface area (Å²) in [4.78, 5) is 34.8. The zero-order valence-corrected chi connectivity index (χ0v) is 19.4. The molecule has 0 fully saturated rings. The van der Waals surface area contributed by atoms with E-state index in [1.807, 2.05) is 61.5 Å². The van der Waals surface area contributed by atoms with Gasteiger partial charge in [0.2, 0.25) is 5.78 Å². The van der Waals surface area contributed by atoms with E-state index in [2.05, 4.69) is 5.10 Å². The van der Waals surface area contributed by atoms with Crippen LogP contribution in [0.2, 0.25) is 0 Å². The molecule has 0 saturated carbocycles. The van der Waals surface area contributed by atoms with Crippen molar-refractivity contribution in [3.05, 3.63) is 82.7 Å². The van der Waals surface area contributed by atoms with Crippen molar-refractivity contribution in [1.82, 2.24) is 9.61 Å². The highest BCUT2D eigenvalue weighted by Crippen LogP contribution is 2.38. The van der Waals surface area contributed by atoms with Crippen LogP contribution in [0.1, 0.15) is 39.8 Å². The highest BCUT2D eigenvalue weighted by Gasteiger charge is 2.27. The number of aromatic nitrogens is 2. The second kappa shape index (κ2) is 9.80. The van der Waals surface area contributed by atoms with Crippen LogP contribution in [0.5, 0.6) is 5.75 Å². The van der Waals surface area contributed by atoms with E-state index in [0.29, 0.717) is 18.5 Å². The van der Waals surface area contributed by atoms with E-state index in [1.54, 1.807) is 11.4 Å². The van der Waals surface area contributed by atoms with E-state index in [0.717, 1.165) is 27.9 Å². The van der Waals surface area contributed by atoms with E-state index in [9.17, 15) is 19.5 Å². The Balaban J connectivity index is 1.97. The van der Waals surface area contributed by atoms with Gasteiger partial charge in [0.25, 0.3) is 6.29 Å². The Bertz CT molecular complexity index is 1440. The molecule has 2 aromatic heterocycles. The quantitative estimate of drug-likeness (QED) is 0.282. The highest BCUT2D eigenvalue weighted by atomic mass is 16.5. The van der Waals surface area contributed by atoms with E-state index < -0.39 is 18.4 Å². The molecule has 0 unspecified atom stereocenters. The van der Waals surface area contributed by atoms with Crippen molar-refractivity contribution in [2.45, 2.75) is 26.7 Å². The molecule has 4 rings (SSSR count). The normalized spacial score (nSPS) is 10.9. The van der Waals surface area contributed by atoms with Crippen LogP contribution in [0.25, 0.3) is 16.6 Å². The van der Waals surface area contributed by atoms with Gasteiger partial charge in [-0.3, -0.25) is 9.59 Å². The number of hydrogen-bond acceptors (Lipinski definition) is 6. The summed E-state index contributed by atoms with van der Waals surface area (Å²) in [5, 5.41) is 13.7. The molecule has 4 aromatic rings. The Kier molecular flexibility index (Phi) is 6.64. The molecule has 0 aliphatic rings. The second-order valence-corrected chi connectivity index (χ2v) is 8.06. The number of Topliss-reactive ketones (excluding diaryl/α,β-unsaturated/α-hetero) is 1. The van der Waals surface area contributed by atoms with Crippen molar-refractivity contribution < 1.29 is 24.2 Å². The number of benzene rings is 2. The maximum Gasteiger partial charge on any atom is 0.341 e. The van der Waals surface area contributed by atoms with Gasteiger partial charge in [0.1, 0.15) is 5.52 Å². The molecule has 3 N–H and O–H groups in total. The van der Waals surface area contributed by atoms with Gasteiger partial charge in [-0.15, -0.1) is 0 Å². The minimum atomic E-state index is -1.23. The number of aryl methyl sites for hydroxylation is 1. The van der Waals surface area contributed by atoms with E-state index >= 15 is 0 Å². The lowest BCUT2D eigenvalue weighted by Gasteiger charge is -2.14. The SMILES string of the molecule is CCc1c(N)c2c(OCC(=O)O)c(C(=O)[C]=O)c(C)nn2c1Cc1ccccc1-c1ccccc1. The van der Waals surface area contributed by atoms with Gasteiger partial charge in [-0.1, -0.05) is 61.5 Å². The number of fused-ring (bicyclic) bond motifs is 1. The largest absolute Gasteiger partial charge is 0.479 e. The summed E-state index contributed by atoms with van der Waals surface area (Å²) in [5.41, 5.74) is 12.0. The van der Waals surface area contributed by atoms with Crippen LogP contribution in [0.3, 0.4) is 0 Å². The summed E-state index contributed by atoms with van der Waals surface area (Å²) in [7, 11) is 0. The van der Waals surface area contributed by atoms with E-state index in [1.165, 1.54) is 6.29 Å². The summed E-state index contributed by atoms with van der Waals surface area (Å²) in [6.45, 7) is 2.80. The van der Waals surface area contributed by atoms with Crippen LogP contribution < -0.4 is 10.5 Å². The van der Waals surface area contributed by atoms with Crippen LogP contribution >= 0.6 is 0 Å². The van der Waals surface area contributed by atoms with Crippen LogP contribution in [0.4, 0.5) is 5.69 Å². The molecule has 0 atom stereocenters. The highest BCUT2D eigenvalue weighted by molar-refractivity contribution is 6.35. The number of aliphatic carboxylic acids is 1. The number of carboxylic acids is 1. The van der Waals surface area contributed by atoms with E-state index in [4.69, 9.17) is 10.5 Å². The molecule has 0 saturated heterocycles. The first-order valence-electron chi connectivity index (χ1n) is 11.1. The number of hydrogen-bond donors (Lipinski definition) is 2. The second-order valence-electron chi connectivity index (χ2n) is 8.06. The molecule has 1 radical (unpaired) electrons. The molecule has 0 spiro atoms. The number of rotatable bonds is 9. The fraction of sp³-hybridized carbons (Fsp3) is 0.185. The number of nitrogen functional groups attached to an aromatic ring is 1. The van der Waals surface area contributed by atoms with Crippen LogP contribution in [-0.2, 0) is 22.4 Å². The standard InChI is InChI=1S/C27H24N3O5/c1-3-19-21(13-18-11-7-8-12-20(18)17-9-5-4-6-10-17)30-26(25(19)28)27(35-15-23(33)34)24(16(2)29-30)22(32)14-31/h4-12H,3,13,15,28H2,1-2H3,(H,33,34). The lowest BCUT2D eigenvalue weighted by atomic mass is 9.95. The Morgan fingerprint density at radius 3 is 2.46 bits per heavy atom. The molecule has 2 aromatic carbocycles. The molecule has 0 bridgehead atoms. The third kappa shape index (κ3) is 4.38. The fourth-order valence-electron chi connectivity index (χ4n) is 4.41. The number of carbonyl (C=O) groups is 2. The van der Waals surface area contributed by atoms with Gasteiger partial charge < -0.3 is 15.6 Å². The van der Waals surface area contributed by atoms with Gasteiger partial charge in [-0.05, 0) is 35.6 Å². The molecule has 8 heteroatoms. The van der Waals surface area contributed by atoms with Crippen LogP contribution in [-0.4, -0.2) is 39.4 Å². The van der Waals surface area contributed by atoms with Gasteiger partial charge in [-0.25, -0.2) is 9.31 Å². The van der Waals surface area contributed by atoms with Crippen molar-refractivity contribution >= 4 is 29.2 Å². The van der Waals surface area contributed by atoms with Gasteiger partial charge in [-0.2, -0.15) is 5.10 Å². The fourth-order valence-corrected chi connectivity index (χ4v) is 4.41. The Morgan fingerprint density at radius 1 is 1.11 bits per heavy atom. The topological polar surface area (TPSA) is 124 Å². The summed E-state index contributed by atoms with van der Waals surface area (Å²) >= 11 is 0. The van der Waals surface area contributed by atoms with Crippen LogP contribution in [0.15, 0.2) is 54.6 Å². The molecule has 0 aliphatic carbocycles. The van der Waals surface area contributed by atoms with Crippen molar-refractivity contribution in [2.24, 2.45) is 0 Å². The Morgan fingerprint density at radius 2 is 1.80 bits per heavy atom. The minimum Gasteiger partial charge on any atom is -0.479 e. The van der Waals surface area contributed by atoms with Crippen molar-refractivity contribution in [2.75, 3.05) is 12.3 Å². The van der Waals surface area contributed by atoms with Gasteiger partial charge in [0, 0.05) is 6.42 Å². The molecular weight excluding hydrogens is 446 g/mol.